The summed E-state index contributed by atoms with van der Waals surface area (Å²) >= 11 is 3.78. The summed E-state index contributed by atoms with van der Waals surface area (Å²) in [5.41, 5.74) is 1.63. The summed E-state index contributed by atoms with van der Waals surface area (Å²) in [7, 11) is 1.65. The first-order valence-corrected chi connectivity index (χ1v) is 10.5. The van der Waals surface area contributed by atoms with Crippen LogP contribution >= 0.6 is 15.9 Å². The van der Waals surface area contributed by atoms with Gasteiger partial charge in [0.1, 0.15) is 6.10 Å². The summed E-state index contributed by atoms with van der Waals surface area (Å²) in [6.07, 6.45) is 14.0. The lowest BCUT2D eigenvalue weighted by Crippen LogP contribution is -2.51. The van der Waals surface area contributed by atoms with E-state index in [4.69, 9.17) is 14.2 Å². The predicted octanol–water partition coefficient (Wildman–Crippen LogP) is 5.57. The lowest BCUT2D eigenvalue weighted by molar-refractivity contribution is -0.178. The third-order valence-corrected chi connectivity index (χ3v) is 7.85. The Morgan fingerprint density at radius 1 is 1.16 bits per heavy atom. The molecule has 5 aliphatic carbocycles. The Kier molecular flexibility index (Phi) is 5.18. The van der Waals surface area contributed by atoms with Crippen molar-refractivity contribution in [2.75, 3.05) is 13.9 Å². The summed E-state index contributed by atoms with van der Waals surface area (Å²) in [4.78, 5) is 0. The molecule has 0 aliphatic heterocycles. The van der Waals surface area contributed by atoms with Crippen LogP contribution in [0.5, 0.6) is 0 Å². The Balaban J connectivity index is 1.53. The molecule has 1 radical (unpaired) electrons. The average Bonchev–Trinajstić information content (AvgIpc) is 2.56. The van der Waals surface area contributed by atoms with Crippen molar-refractivity contribution in [3.63, 3.8) is 0 Å². The Bertz CT molecular complexity index is 532. The highest BCUT2D eigenvalue weighted by molar-refractivity contribution is 9.12. The van der Waals surface area contributed by atoms with Crippen LogP contribution in [0.15, 0.2) is 22.2 Å². The number of halogens is 1. The quantitative estimate of drug-likeness (QED) is 0.536. The van der Waals surface area contributed by atoms with Crippen LogP contribution in [0.25, 0.3) is 0 Å². The summed E-state index contributed by atoms with van der Waals surface area (Å²) in [6, 6.07) is 0. The molecule has 139 valence electrons. The topological polar surface area (TPSA) is 27.7 Å². The van der Waals surface area contributed by atoms with Crippen LogP contribution < -0.4 is 0 Å². The zero-order valence-electron chi connectivity index (χ0n) is 15.6. The highest BCUT2D eigenvalue weighted by atomic mass is 79.9. The number of allylic oxidation sites excluding steroid dienone is 2. The molecule has 2 unspecified atom stereocenters. The maximum Gasteiger partial charge on any atom is 0.157 e. The molecule has 0 aromatic carbocycles. The van der Waals surface area contributed by atoms with E-state index in [1.54, 1.807) is 7.11 Å². The summed E-state index contributed by atoms with van der Waals surface area (Å²) in [5, 5.41) is 0. The van der Waals surface area contributed by atoms with E-state index in [0.717, 1.165) is 23.9 Å². The lowest BCUT2D eigenvalue weighted by atomic mass is 9.45. The van der Waals surface area contributed by atoms with Crippen molar-refractivity contribution in [2.24, 2.45) is 29.1 Å². The van der Waals surface area contributed by atoms with Crippen molar-refractivity contribution in [1.29, 1.82) is 0 Å². The van der Waals surface area contributed by atoms with Gasteiger partial charge in [-0.05, 0) is 87.2 Å². The van der Waals surface area contributed by atoms with Gasteiger partial charge in [-0.1, -0.05) is 22.0 Å². The molecule has 4 heteroatoms. The smallest absolute Gasteiger partial charge is 0.157 e. The number of ether oxygens (including phenoxy) is 3. The molecule has 0 spiro atoms. The Hall–Kier alpha value is -0.160. The van der Waals surface area contributed by atoms with Crippen LogP contribution in [0.3, 0.4) is 0 Å². The van der Waals surface area contributed by atoms with Gasteiger partial charge in [0.15, 0.2) is 13.1 Å². The second-order valence-electron chi connectivity index (χ2n) is 8.73. The number of methoxy groups -OCH3 is 1. The van der Waals surface area contributed by atoms with Crippen molar-refractivity contribution in [2.45, 2.75) is 58.7 Å². The molecule has 2 atom stereocenters. The van der Waals surface area contributed by atoms with Crippen LogP contribution in [0.4, 0.5) is 0 Å². The van der Waals surface area contributed by atoms with Crippen LogP contribution in [-0.4, -0.2) is 20.2 Å². The number of hydrogen-bond acceptors (Lipinski definition) is 3. The summed E-state index contributed by atoms with van der Waals surface area (Å²) in [5.74, 6) is 3.20. The Labute approximate surface area is 160 Å². The minimum absolute atomic E-state index is 0.241. The molecule has 0 N–H and O–H groups in total. The van der Waals surface area contributed by atoms with E-state index in [-0.39, 0.29) is 13.1 Å². The predicted molar refractivity (Wildman–Crippen MR) is 102 cm³/mol. The molecule has 25 heavy (non-hydrogen) atoms. The molecule has 4 fully saturated rings. The molecule has 4 bridgehead atoms. The third-order valence-electron chi connectivity index (χ3n) is 6.96. The van der Waals surface area contributed by atoms with Gasteiger partial charge < -0.3 is 14.2 Å². The Morgan fingerprint density at radius 2 is 1.76 bits per heavy atom. The van der Waals surface area contributed by atoms with Crippen LogP contribution in [-0.2, 0) is 14.2 Å². The van der Waals surface area contributed by atoms with Gasteiger partial charge in [-0.2, -0.15) is 0 Å². The molecule has 0 aromatic heterocycles. The van der Waals surface area contributed by atoms with Crippen molar-refractivity contribution >= 4 is 15.9 Å². The van der Waals surface area contributed by atoms with Crippen molar-refractivity contribution in [1.82, 2.24) is 0 Å². The zero-order chi connectivity index (χ0) is 17.6. The van der Waals surface area contributed by atoms with Crippen molar-refractivity contribution < 1.29 is 14.2 Å². The van der Waals surface area contributed by atoms with Gasteiger partial charge in [0.05, 0.1) is 0 Å². The minimum atomic E-state index is -0.241. The third kappa shape index (κ3) is 3.52. The van der Waals surface area contributed by atoms with Crippen molar-refractivity contribution in [3.05, 3.63) is 28.3 Å². The van der Waals surface area contributed by atoms with E-state index in [1.165, 1.54) is 48.6 Å². The number of hydrogen-bond donors (Lipinski definition) is 0. The van der Waals surface area contributed by atoms with Crippen LogP contribution in [0, 0.1) is 35.2 Å². The first-order valence-electron chi connectivity index (χ1n) is 9.69. The van der Waals surface area contributed by atoms with Crippen LogP contribution in [0.1, 0.15) is 52.4 Å². The Morgan fingerprint density at radius 3 is 2.32 bits per heavy atom. The highest BCUT2D eigenvalue weighted by Gasteiger charge is 2.55. The zero-order valence-corrected chi connectivity index (χ0v) is 17.2. The van der Waals surface area contributed by atoms with Gasteiger partial charge in [0.2, 0.25) is 0 Å². The van der Waals surface area contributed by atoms with E-state index < -0.39 is 0 Å². The minimum Gasteiger partial charge on any atom is -0.356 e. The molecule has 4 saturated carbocycles. The van der Waals surface area contributed by atoms with Gasteiger partial charge >= 0.3 is 0 Å². The fourth-order valence-corrected chi connectivity index (χ4v) is 6.55. The molecule has 0 aromatic rings. The molecule has 0 saturated heterocycles. The van der Waals surface area contributed by atoms with Crippen molar-refractivity contribution in [3.8, 4) is 0 Å². The fourth-order valence-electron chi connectivity index (χ4n) is 6.17. The van der Waals surface area contributed by atoms with Gasteiger partial charge in [-0.25, -0.2) is 0 Å². The fraction of sp³-hybridized carbons (Fsp3) is 0.762. The van der Waals surface area contributed by atoms with E-state index in [1.807, 2.05) is 6.92 Å². The van der Waals surface area contributed by atoms with E-state index in [9.17, 15) is 0 Å². The normalized spacial score (nSPS) is 41.6. The first-order chi connectivity index (χ1) is 12.0. The molecule has 3 nitrogen and oxygen atoms in total. The lowest BCUT2D eigenvalue weighted by Gasteiger charge is -2.60. The van der Waals surface area contributed by atoms with Gasteiger partial charge in [0, 0.05) is 17.5 Å². The number of rotatable bonds is 6. The summed E-state index contributed by atoms with van der Waals surface area (Å²) < 4.78 is 18.1. The van der Waals surface area contributed by atoms with Gasteiger partial charge in [-0.3, -0.25) is 0 Å². The van der Waals surface area contributed by atoms with E-state index in [0.29, 0.717) is 11.3 Å². The standard InChI is InChI=1S/C21H30BrO3/c1-13-4-20(25-12-24-14(2)23-3)18(8-19(13)22)21-9-15-5-16(10-21)7-17(6-15)11-21/h4,8,14-18H,5-7,9-12H2,1-3H3. The maximum absolute atomic E-state index is 6.15. The summed E-state index contributed by atoms with van der Waals surface area (Å²) in [6.45, 7) is 4.28. The second kappa shape index (κ2) is 7.10. The average molecular weight is 410 g/mol. The largest absolute Gasteiger partial charge is 0.356 e. The molecule has 0 heterocycles. The van der Waals surface area contributed by atoms with E-state index in [2.05, 4.69) is 35.0 Å². The SMILES string of the molecule is COC(C)OCO[C]1C=C(C)C(Br)=CC1C12CC3CC(CC(C3)C1)C2. The molecule has 0 amide bonds. The second-order valence-corrected chi connectivity index (χ2v) is 9.59. The maximum atomic E-state index is 6.15. The monoisotopic (exact) mass is 409 g/mol. The first kappa shape index (κ1) is 18.2. The molecular weight excluding hydrogens is 380 g/mol. The highest BCUT2D eigenvalue weighted by Crippen LogP contribution is 2.65. The van der Waals surface area contributed by atoms with Gasteiger partial charge in [-0.15, -0.1) is 0 Å². The molecule has 5 rings (SSSR count). The molecular formula is C21H30BrO3. The molecule has 5 aliphatic rings. The van der Waals surface area contributed by atoms with Gasteiger partial charge in [0.25, 0.3) is 0 Å². The van der Waals surface area contributed by atoms with E-state index >= 15 is 0 Å². The van der Waals surface area contributed by atoms with Crippen LogP contribution in [0.2, 0.25) is 0 Å².